The number of aromatic amines is 1. The Balaban J connectivity index is 1.83. The molecule has 2 rings (SSSR count). The van der Waals surface area contributed by atoms with Gasteiger partial charge in [0, 0.05) is 37.3 Å². The molecule has 7 nitrogen and oxygen atoms in total. The highest BCUT2D eigenvalue weighted by Crippen LogP contribution is 2.16. The van der Waals surface area contributed by atoms with Crippen molar-refractivity contribution in [2.24, 2.45) is 5.73 Å². The van der Waals surface area contributed by atoms with Gasteiger partial charge in [0.1, 0.15) is 0 Å². The summed E-state index contributed by atoms with van der Waals surface area (Å²) in [5.74, 6) is -0.0998. The molecule has 1 aromatic rings. The van der Waals surface area contributed by atoms with Crippen molar-refractivity contribution in [3.63, 3.8) is 0 Å². The molecular formula is C12H18N4O3. The normalized spacial score (nSPS) is 22.4. The van der Waals surface area contributed by atoms with Gasteiger partial charge in [-0.05, 0) is 19.3 Å². The Morgan fingerprint density at radius 2 is 2.26 bits per heavy atom. The van der Waals surface area contributed by atoms with Crippen molar-refractivity contribution in [2.45, 2.75) is 44.3 Å². The van der Waals surface area contributed by atoms with E-state index >= 15 is 0 Å². The van der Waals surface area contributed by atoms with Crippen LogP contribution in [0.1, 0.15) is 25.7 Å². The lowest BCUT2D eigenvalue weighted by Gasteiger charge is -2.12. The summed E-state index contributed by atoms with van der Waals surface area (Å²) in [5, 5.41) is 2.90. The Hall–Kier alpha value is -1.89. The molecule has 4 N–H and O–H groups in total. The van der Waals surface area contributed by atoms with E-state index < -0.39 is 11.2 Å². The zero-order valence-electron chi connectivity index (χ0n) is 10.6. The van der Waals surface area contributed by atoms with Crippen LogP contribution >= 0.6 is 0 Å². The minimum Gasteiger partial charge on any atom is -0.353 e. The first kappa shape index (κ1) is 13.5. The number of rotatable bonds is 4. The molecule has 1 amide bonds. The molecule has 2 atom stereocenters. The third-order valence-electron chi connectivity index (χ3n) is 3.31. The molecule has 19 heavy (non-hydrogen) atoms. The summed E-state index contributed by atoms with van der Waals surface area (Å²) in [5.41, 5.74) is 4.83. The maximum absolute atomic E-state index is 11.7. The number of nitrogens with zero attached hydrogens (tertiary/aromatic N) is 1. The van der Waals surface area contributed by atoms with Gasteiger partial charge in [0.15, 0.2) is 0 Å². The second-order valence-electron chi connectivity index (χ2n) is 4.89. The fourth-order valence-electron chi connectivity index (χ4n) is 2.29. The van der Waals surface area contributed by atoms with Gasteiger partial charge < -0.3 is 15.6 Å². The average Bonchev–Trinajstić information content (AvgIpc) is 2.73. The van der Waals surface area contributed by atoms with Crippen LogP contribution in [0.25, 0.3) is 0 Å². The Labute approximate surface area is 109 Å². The Kier molecular flexibility index (Phi) is 4.16. The van der Waals surface area contributed by atoms with Gasteiger partial charge in [0.2, 0.25) is 5.91 Å². The van der Waals surface area contributed by atoms with E-state index in [1.54, 1.807) is 0 Å². The Bertz CT molecular complexity index is 563. The van der Waals surface area contributed by atoms with Gasteiger partial charge in [0.05, 0.1) is 0 Å². The number of carbonyl (C=O) groups excluding carboxylic acids is 1. The third kappa shape index (κ3) is 3.78. The lowest BCUT2D eigenvalue weighted by atomic mass is 10.2. The lowest BCUT2D eigenvalue weighted by Crippen LogP contribution is -2.36. The van der Waals surface area contributed by atoms with Crippen LogP contribution in [0.4, 0.5) is 0 Å². The number of aryl methyl sites for hydroxylation is 1. The maximum atomic E-state index is 11.7. The zero-order chi connectivity index (χ0) is 13.8. The minimum atomic E-state index is -0.497. The number of nitrogens with two attached hydrogens (primary N) is 1. The van der Waals surface area contributed by atoms with Gasteiger partial charge in [0.25, 0.3) is 5.56 Å². The molecule has 1 heterocycles. The third-order valence-corrected chi connectivity index (χ3v) is 3.31. The highest BCUT2D eigenvalue weighted by molar-refractivity contribution is 5.76. The molecule has 0 aliphatic heterocycles. The molecule has 7 heteroatoms. The van der Waals surface area contributed by atoms with Crippen LogP contribution in [0.3, 0.4) is 0 Å². The number of hydrogen-bond acceptors (Lipinski definition) is 4. The first-order valence-corrected chi connectivity index (χ1v) is 6.39. The first-order valence-electron chi connectivity index (χ1n) is 6.39. The predicted molar refractivity (Wildman–Crippen MR) is 69.7 cm³/mol. The van der Waals surface area contributed by atoms with Crippen molar-refractivity contribution in [3.8, 4) is 0 Å². The molecule has 0 aromatic carbocycles. The van der Waals surface area contributed by atoms with E-state index in [1.165, 1.54) is 16.8 Å². The van der Waals surface area contributed by atoms with E-state index in [4.69, 9.17) is 5.73 Å². The van der Waals surface area contributed by atoms with Crippen LogP contribution in [-0.4, -0.2) is 27.5 Å². The van der Waals surface area contributed by atoms with Gasteiger partial charge in [-0.2, -0.15) is 0 Å². The molecule has 1 aliphatic rings. The summed E-state index contributed by atoms with van der Waals surface area (Å²) in [6.45, 7) is 0.250. The SMILES string of the molecule is N[C@H]1CC[C@H](NC(=O)CCn2ccc(=O)[nH]c2=O)C1. The molecule has 1 aromatic heterocycles. The monoisotopic (exact) mass is 266 g/mol. The first-order chi connectivity index (χ1) is 9.04. The number of H-pyrrole nitrogens is 1. The largest absolute Gasteiger partial charge is 0.353 e. The van der Waals surface area contributed by atoms with Gasteiger partial charge in [-0.15, -0.1) is 0 Å². The van der Waals surface area contributed by atoms with Crippen LogP contribution in [0.2, 0.25) is 0 Å². The number of hydrogen-bond donors (Lipinski definition) is 3. The van der Waals surface area contributed by atoms with Gasteiger partial charge in [-0.3, -0.25) is 14.6 Å². The van der Waals surface area contributed by atoms with E-state index in [0.29, 0.717) is 0 Å². The van der Waals surface area contributed by atoms with E-state index in [1.807, 2.05) is 0 Å². The molecule has 1 fully saturated rings. The predicted octanol–water partition coefficient (Wildman–Crippen LogP) is -1.08. The molecule has 0 radical (unpaired) electrons. The summed E-state index contributed by atoms with van der Waals surface area (Å²) < 4.78 is 1.31. The van der Waals surface area contributed by atoms with Crippen molar-refractivity contribution in [3.05, 3.63) is 33.1 Å². The van der Waals surface area contributed by atoms with Crippen LogP contribution in [-0.2, 0) is 11.3 Å². The van der Waals surface area contributed by atoms with Gasteiger partial charge >= 0.3 is 5.69 Å². The summed E-state index contributed by atoms with van der Waals surface area (Å²) in [6, 6.07) is 1.58. The summed E-state index contributed by atoms with van der Waals surface area (Å²) in [4.78, 5) is 36.1. The quantitative estimate of drug-likeness (QED) is 0.644. The molecule has 0 saturated heterocycles. The summed E-state index contributed by atoms with van der Waals surface area (Å²) in [7, 11) is 0. The topological polar surface area (TPSA) is 110 Å². The number of nitrogens with one attached hydrogen (secondary N) is 2. The van der Waals surface area contributed by atoms with E-state index in [-0.39, 0.29) is 31.0 Å². The summed E-state index contributed by atoms with van der Waals surface area (Å²) >= 11 is 0. The van der Waals surface area contributed by atoms with Gasteiger partial charge in [-0.1, -0.05) is 0 Å². The summed E-state index contributed by atoms with van der Waals surface area (Å²) in [6.07, 6.45) is 4.25. The standard InChI is InChI=1S/C12H18N4O3/c13-8-1-2-9(7-8)14-10(17)3-5-16-6-4-11(18)15-12(16)19/h4,6,8-9H,1-3,5,7,13H2,(H,14,17)(H,15,18,19)/t8-,9-/m0/s1. The molecule has 0 unspecified atom stereocenters. The maximum Gasteiger partial charge on any atom is 0.328 e. The van der Waals surface area contributed by atoms with Crippen molar-refractivity contribution >= 4 is 5.91 Å². The van der Waals surface area contributed by atoms with Crippen molar-refractivity contribution in [2.75, 3.05) is 0 Å². The molecule has 1 saturated carbocycles. The molecule has 0 spiro atoms. The minimum absolute atomic E-state index is 0.0998. The highest BCUT2D eigenvalue weighted by Gasteiger charge is 2.22. The van der Waals surface area contributed by atoms with E-state index in [9.17, 15) is 14.4 Å². The van der Waals surface area contributed by atoms with Gasteiger partial charge in [-0.25, -0.2) is 4.79 Å². The fourth-order valence-corrected chi connectivity index (χ4v) is 2.29. The van der Waals surface area contributed by atoms with Crippen LogP contribution in [0.5, 0.6) is 0 Å². The second-order valence-corrected chi connectivity index (χ2v) is 4.89. The Morgan fingerprint density at radius 3 is 2.89 bits per heavy atom. The number of aromatic nitrogens is 2. The van der Waals surface area contributed by atoms with Crippen LogP contribution in [0.15, 0.2) is 21.9 Å². The van der Waals surface area contributed by atoms with Crippen LogP contribution < -0.4 is 22.3 Å². The number of amides is 1. The highest BCUT2D eigenvalue weighted by atomic mass is 16.2. The van der Waals surface area contributed by atoms with Crippen molar-refractivity contribution in [1.29, 1.82) is 0 Å². The zero-order valence-corrected chi connectivity index (χ0v) is 10.6. The lowest BCUT2D eigenvalue weighted by molar-refractivity contribution is -0.122. The molecule has 0 bridgehead atoms. The molecule has 104 valence electrons. The van der Waals surface area contributed by atoms with Crippen molar-refractivity contribution in [1.82, 2.24) is 14.9 Å². The second kappa shape index (κ2) is 5.83. The van der Waals surface area contributed by atoms with E-state index in [2.05, 4.69) is 10.3 Å². The van der Waals surface area contributed by atoms with Crippen molar-refractivity contribution < 1.29 is 4.79 Å². The fraction of sp³-hybridized carbons (Fsp3) is 0.583. The molecular weight excluding hydrogens is 248 g/mol. The average molecular weight is 266 g/mol. The molecule has 1 aliphatic carbocycles. The number of carbonyl (C=O) groups is 1. The van der Waals surface area contributed by atoms with E-state index in [0.717, 1.165) is 19.3 Å². The van der Waals surface area contributed by atoms with Crippen LogP contribution in [0, 0.1) is 0 Å². The smallest absolute Gasteiger partial charge is 0.328 e. The Morgan fingerprint density at radius 1 is 1.47 bits per heavy atom.